The van der Waals surface area contributed by atoms with Gasteiger partial charge in [0.15, 0.2) is 11.5 Å². The second kappa shape index (κ2) is 6.69. The zero-order chi connectivity index (χ0) is 20.9. The standard InChI is InChI=1S/C22H19F2NO4/c1-4-22(3)10-15(26)19-17(29-22)8-7-16-18(19)11(2)20(28-16)21(27)25-14-6-5-12(23)9-13(14)24/h5-9H,4,10H2,1-3H3,(H,25,27)/t22-/m1/s1. The number of hydrogen-bond donors (Lipinski definition) is 1. The van der Waals surface area contributed by atoms with Crippen LogP contribution >= 0.6 is 0 Å². The monoisotopic (exact) mass is 399 g/mol. The summed E-state index contributed by atoms with van der Waals surface area (Å²) in [6.45, 7) is 5.50. The van der Waals surface area contributed by atoms with Crippen molar-refractivity contribution in [3.8, 4) is 5.75 Å². The number of halogens is 2. The van der Waals surface area contributed by atoms with Gasteiger partial charge in [-0.2, -0.15) is 0 Å². The lowest BCUT2D eigenvalue weighted by Crippen LogP contribution is -2.38. The predicted octanol–water partition coefficient (Wildman–Crippen LogP) is 5.41. The first-order chi connectivity index (χ1) is 13.7. The SMILES string of the molecule is CC[C@]1(C)CC(=O)c2c(ccc3oc(C(=O)Nc4ccc(F)cc4F)c(C)c23)O1. The van der Waals surface area contributed by atoms with Crippen molar-refractivity contribution in [2.75, 3.05) is 5.32 Å². The van der Waals surface area contributed by atoms with E-state index in [0.717, 1.165) is 12.1 Å². The summed E-state index contributed by atoms with van der Waals surface area (Å²) >= 11 is 0. The quantitative estimate of drug-likeness (QED) is 0.640. The Morgan fingerprint density at radius 3 is 2.69 bits per heavy atom. The number of nitrogens with one attached hydrogen (secondary N) is 1. The van der Waals surface area contributed by atoms with Crippen molar-refractivity contribution >= 4 is 28.3 Å². The molecule has 3 aromatic rings. The maximum absolute atomic E-state index is 13.9. The van der Waals surface area contributed by atoms with E-state index >= 15 is 0 Å². The minimum atomic E-state index is -0.896. The number of rotatable bonds is 3. The summed E-state index contributed by atoms with van der Waals surface area (Å²) in [7, 11) is 0. The van der Waals surface area contributed by atoms with E-state index in [4.69, 9.17) is 9.15 Å². The average Bonchev–Trinajstić information content (AvgIpc) is 3.00. The van der Waals surface area contributed by atoms with Gasteiger partial charge in [0.05, 0.1) is 17.7 Å². The van der Waals surface area contributed by atoms with Crippen LogP contribution in [0.3, 0.4) is 0 Å². The highest BCUT2D eigenvalue weighted by Gasteiger charge is 2.37. The molecule has 0 bridgehead atoms. The fourth-order valence-corrected chi connectivity index (χ4v) is 3.60. The molecule has 150 valence electrons. The highest BCUT2D eigenvalue weighted by molar-refractivity contribution is 6.14. The second-order valence-electron chi connectivity index (χ2n) is 7.45. The van der Waals surface area contributed by atoms with Crippen LogP contribution < -0.4 is 10.1 Å². The number of furan rings is 1. The molecule has 4 rings (SSSR count). The molecule has 5 nitrogen and oxygen atoms in total. The normalized spacial score (nSPS) is 18.4. The number of hydrogen-bond acceptors (Lipinski definition) is 4. The van der Waals surface area contributed by atoms with Gasteiger partial charge in [0, 0.05) is 17.0 Å². The number of carbonyl (C=O) groups is 2. The van der Waals surface area contributed by atoms with Gasteiger partial charge in [-0.05, 0) is 44.5 Å². The smallest absolute Gasteiger partial charge is 0.291 e. The zero-order valence-electron chi connectivity index (χ0n) is 16.2. The maximum atomic E-state index is 13.9. The van der Waals surface area contributed by atoms with Crippen LogP contribution in [0.1, 0.15) is 53.2 Å². The summed E-state index contributed by atoms with van der Waals surface area (Å²) < 4.78 is 38.7. The van der Waals surface area contributed by atoms with Crippen LogP contribution in [0.4, 0.5) is 14.5 Å². The molecule has 0 aliphatic carbocycles. The van der Waals surface area contributed by atoms with E-state index in [0.29, 0.717) is 40.3 Å². The van der Waals surface area contributed by atoms with Crippen LogP contribution in [0.2, 0.25) is 0 Å². The first-order valence-electron chi connectivity index (χ1n) is 9.27. The zero-order valence-corrected chi connectivity index (χ0v) is 16.2. The molecule has 0 unspecified atom stereocenters. The Hall–Kier alpha value is -3.22. The van der Waals surface area contributed by atoms with Gasteiger partial charge in [-0.25, -0.2) is 8.78 Å². The van der Waals surface area contributed by atoms with Gasteiger partial charge >= 0.3 is 0 Å². The van der Waals surface area contributed by atoms with Gasteiger partial charge < -0.3 is 14.5 Å². The Morgan fingerprint density at radius 1 is 1.24 bits per heavy atom. The number of fused-ring (bicyclic) bond motifs is 3. The molecular weight excluding hydrogens is 380 g/mol. The molecule has 1 aliphatic heterocycles. The number of benzene rings is 2. The Labute approximate surface area is 165 Å². The largest absolute Gasteiger partial charge is 0.486 e. The number of ketones is 1. The fourth-order valence-electron chi connectivity index (χ4n) is 3.60. The van der Waals surface area contributed by atoms with E-state index in [1.54, 1.807) is 19.1 Å². The van der Waals surface area contributed by atoms with Crippen molar-refractivity contribution in [3.63, 3.8) is 0 Å². The van der Waals surface area contributed by atoms with E-state index in [-0.39, 0.29) is 23.7 Å². The van der Waals surface area contributed by atoms with Crippen LogP contribution in [0, 0.1) is 18.6 Å². The molecular formula is C22H19F2NO4. The van der Waals surface area contributed by atoms with Crippen LogP contribution in [0.15, 0.2) is 34.7 Å². The van der Waals surface area contributed by atoms with Crippen molar-refractivity contribution in [1.29, 1.82) is 0 Å². The van der Waals surface area contributed by atoms with E-state index in [9.17, 15) is 18.4 Å². The Morgan fingerprint density at radius 2 is 2.00 bits per heavy atom. The highest BCUT2D eigenvalue weighted by atomic mass is 19.1. The van der Waals surface area contributed by atoms with Crippen molar-refractivity contribution in [2.45, 2.75) is 39.2 Å². The van der Waals surface area contributed by atoms with Crippen molar-refractivity contribution in [1.82, 2.24) is 0 Å². The number of ether oxygens (including phenoxy) is 1. The van der Waals surface area contributed by atoms with Crippen molar-refractivity contribution in [3.05, 3.63) is 58.9 Å². The molecule has 1 aromatic heterocycles. The third-order valence-corrected chi connectivity index (χ3v) is 5.36. The highest BCUT2D eigenvalue weighted by Crippen LogP contribution is 2.41. The number of aryl methyl sites for hydroxylation is 1. The van der Waals surface area contributed by atoms with Gasteiger partial charge in [0.25, 0.3) is 5.91 Å². The molecule has 0 spiro atoms. The number of Topliss-reactive ketones (excluding diaryl/α,β-unsaturated/α-hetero) is 1. The first kappa shape index (κ1) is 19.1. The van der Waals surface area contributed by atoms with E-state index in [2.05, 4.69) is 5.32 Å². The second-order valence-corrected chi connectivity index (χ2v) is 7.45. The summed E-state index contributed by atoms with van der Waals surface area (Å²) in [5, 5.41) is 2.89. The molecule has 29 heavy (non-hydrogen) atoms. The third kappa shape index (κ3) is 3.16. The van der Waals surface area contributed by atoms with Crippen LogP contribution in [-0.2, 0) is 0 Å². The molecule has 1 aliphatic rings. The molecule has 1 atom stereocenters. The Bertz CT molecular complexity index is 1170. The summed E-state index contributed by atoms with van der Waals surface area (Å²) in [5.74, 6) is -2.01. The lowest BCUT2D eigenvalue weighted by atomic mass is 9.87. The molecule has 2 aromatic carbocycles. The topological polar surface area (TPSA) is 68.5 Å². The van der Waals surface area contributed by atoms with Crippen LogP contribution in [0.5, 0.6) is 5.75 Å². The number of amides is 1. The lowest BCUT2D eigenvalue weighted by molar-refractivity contribution is 0.0503. The van der Waals surface area contributed by atoms with Gasteiger partial charge in [-0.3, -0.25) is 9.59 Å². The maximum Gasteiger partial charge on any atom is 0.291 e. The first-order valence-corrected chi connectivity index (χ1v) is 9.27. The molecule has 0 saturated heterocycles. The van der Waals surface area contributed by atoms with Gasteiger partial charge in [0.1, 0.15) is 28.6 Å². The summed E-state index contributed by atoms with van der Waals surface area (Å²) in [4.78, 5) is 25.5. The number of anilines is 1. The number of carbonyl (C=O) groups excluding carboxylic acids is 2. The lowest BCUT2D eigenvalue weighted by Gasteiger charge is -2.34. The molecule has 0 fully saturated rings. The van der Waals surface area contributed by atoms with E-state index in [1.165, 1.54) is 0 Å². The molecule has 1 amide bonds. The molecule has 7 heteroatoms. The Balaban J connectivity index is 1.76. The van der Waals surface area contributed by atoms with Gasteiger partial charge in [0.2, 0.25) is 0 Å². The summed E-state index contributed by atoms with van der Waals surface area (Å²) in [6.07, 6.45) is 0.903. The minimum Gasteiger partial charge on any atom is -0.486 e. The van der Waals surface area contributed by atoms with E-state index < -0.39 is 23.1 Å². The predicted molar refractivity (Wildman–Crippen MR) is 104 cm³/mol. The third-order valence-electron chi connectivity index (χ3n) is 5.36. The molecule has 0 radical (unpaired) electrons. The van der Waals surface area contributed by atoms with Crippen LogP contribution in [0.25, 0.3) is 11.0 Å². The molecule has 2 heterocycles. The van der Waals surface area contributed by atoms with Gasteiger partial charge in [-0.15, -0.1) is 0 Å². The van der Waals surface area contributed by atoms with E-state index in [1.807, 2.05) is 13.8 Å². The molecule has 1 N–H and O–H groups in total. The minimum absolute atomic E-state index is 0.0475. The van der Waals surface area contributed by atoms with Gasteiger partial charge in [-0.1, -0.05) is 6.92 Å². The van der Waals surface area contributed by atoms with Crippen molar-refractivity contribution in [2.24, 2.45) is 0 Å². The summed E-state index contributed by atoms with van der Waals surface area (Å²) in [5.41, 5.74) is 0.463. The molecule has 0 saturated carbocycles. The Kier molecular flexibility index (Phi) is 4.41. The average molecular weight is 399 g/mol. The van der Waals surface area contributed by atoms with Crippen LogP contribution in [-0.4, -0.2) is 17.3 Å². The fraction of sp³-hybridized carbons (Fsp3) is 0.273. The summed E-state index contributed by atoms with van der Waals surface area (Å²) in [6, 6.07) is 6.16. The van der Waals surface area contributed by atoms with Crippen molar-refractivity contribution < 1.29 is 27.5 Å².